The van der Waals surface area contributed by atoms with Crippen molar-refractivity contribution in [1.82, 2.24) is 9.88 Å². The number of nitrogens with one attached hydrogen (secondary N) is 1. The molecule has 1 aromatic heterocycles. The van der Waals surface area contributed by atoms with Gasteiger partial charge in [0.25, 0.3) is 5.56 Å². The molecule has 1 aliphatic carbocycles. The summed E-state index contributed by atoms with van der Waals surface area (Å²) in [5.74, 6) is 0. The molecule has 3 nitrogen and oxygen atoms in total. The molecule has 0 bridgehead atoms. The van der Waals surface area contributed by atoms with E-state index in [1.165, 1.54) is 18.4 Å². The van der Waals surface area contributed by atoms with Crippen LogP contribution in [0.3, 0.4) is 0 Å². The van der Waals surface area contributed by atoms with E-state index in [1.807, 2.05) is 10.6 Å². The first-order chi connectivity index (χ1) is 11.2. The molecule has 2 aromatic rings. The van der Waals surface area contributed by atoms with E-state index in [-0.39, 0.29) is 5.56 Å². The molecule has 0 radical (unpaired) electrons. The molecule has 1 aromatic carbocycles. The van der Waals surface area contributed by atoms with Crippen molar-refractivity contribution in [3.05, 3.63) is 57.9 Å². The van der Waals surface area contributed by atoms with E-state index in [0.717, 1.165) is 36.2 Å². The number of aryl methyl sites for hydroxylation is 1. The van der Waals surface area contributed by atoms with Crippen molar-refractivity contribution in [2.24, 2.45) is 0 Å². The average Bonchev–Trinajstić information content (AvgIpc) is 3.38. The number of hydrogen-bond donors (Lipinski definition) is 1. The van der Waals surface area contributed by atoms with Crippen molar-refractivity contribution in [3.8, 4) is 11.3 Å². The normalized spacial score (nSPS) is 14.2. The molecular weight excluding hydrogens is 284 g/mol. The second-order valence-corrected chi connectivity index (χ2v) is 6.58. The molecule has 0 saturated heterocycles. The molecule has 122 valence electrons. The summed E-state index contributed by atoms with van der Waals surface area (Å²) in [5.41, 5.74) is 4.42. The number of hydrogen-bond acceptors (Lipinski definition) is 2. The first-order valence-corrected chi connectivity index (χ1v) is 8.72. The third-order valence-electron chi connectivity index (χ3n) is 4.49. The van der Waals surface area contributed by atoms with Crippen LogP contribution < -0.4 is 10.9 Å². The van der Waals surface area contributed by atoms with Gasteiger partial charge in [0.1, 0.15) is 0 Å². The number of aromatic nitrogens is 1. The van der Waals surface area contributed by atoms with Crippen LogP contribution in [-0.4, -0.2) is 10.6 Å². The molecule has 1 fully saturated rings. The predicted molar refractivity (Wildman–Crippen MR) is 95.6 cm³/mol. The van der Waals surface area contributed by atoms with Gasteiger partial charge in [0.05, 0.1) is 5.69 Å². The van der Waals surface area contributed by atoms with Gasteiger partial charge in [-0.05, 0) is 37.8 Å². The van der Waals surface area contributed by atoms with E-state index < -0.39 is 0 Å². The van der Waals surface area contributed by atoms with Crippen LogP contribution in [0.15, 0.2) is 41.2 Å². The highest BCUT2D eigenvalue weighted by molar-refractivity contribution is 5.60. The maximum atomic E-state index is 12.9. The minimum Gasteiger partial charge on any atom is -0.310 e. The molecule has 0 spiro atoms. The van der Waals surface area contributed by atoms with E-state index in [9.17, 15) is 4.79 Å². The van der Waals surface area contributed by atoms with E-state index in [0.29, 0.717) is 12.6 Å². The molecule has 23 heavy (non-hydrogen) atoms. The summed E-state index contributed by atoms with van der Waals surface area (Å²) in [6.07, 6.45) is 4.60. The topological polar surface area (TPSA) is 34.0 Å². The molecular formula is C20H26N2O. The van der Waals surface area contributed by atoms with Gasteiger partial charge >= 0.3 is 0 Å². The fourth-order valence-corrected chi connectivity index (χ4v) is 2.81. The van der Waals surface area contributed by atoms with Crippen molar-refractivity contribution in [2.45, 2.75) is 58.7 Å². The van der Waals surface area contributed by atoms with Crippen LogP contribution >= 0.6 is 0 Å². The number of nitrogens with zero attached hydrogens (tertiary/aromatic N) is 1. The molecule has 1 aliphatic rings. The van der Waals surface area contributed by atoms with E-state index >= 15 is 0 Å². The van der Waals surface area contributed by atoms with Crippen molar-refractivity contribution < 1.29 is 0 Å². The summed E-state index contributed by atoms with van der Waals surface area (Å²) < 4.78 is 1.96. The van der Waals surface area contributed by atoms with Gasteiger partial charge in [0, 0.05) is 24.7 Å². The molecule has 0 atom stereocenters. The minimum atomic E-state index is 0.157. The lowest BCUT2D eigenvalue weighted by molar-refractivity contribution is 0.604. The Bertz CT molecular complexity index is 711. The summed E-state index contributed by atoms with van der Waals surface area (Å²) in [5, 5.41) is 3.45. The highest BCUT2D eigenvalue weighted by atomic mass is 16.1. The van der Waals surface area contributed by atoms with Crippen LogP contribution in [0.4, 0.5) is 0 Å². The van der Waals surface area contributed by atoms with Crippen LogP contribution in [0.2, 0.25) is 0 Å². The zero-order valence-electron chi connectivity index (χ0n) is 14.1. The standard InChI is InChI=1S/C20H26N2O/c1-3-4-13-22-19(16-7-5-15(2)6-8-16)12-9-17(20(22)23)14-21-18-10-11-18/h5-9,12,18,21H,3-4,10-11,13-14H2,1-2H3. The monoisotopic (exact) mass is 310 g/mol. The number of rotatable bonds is 7. The molecule has 3 heteroatoms. The lowest BCUT2D eigenvalue weighted by Crippen LogP contribution is -2.29. The lowest BCUT2D eigenvalue weighted by atomic mass is 10.1. The quantitative estimate of drug-likeness (QED) is 0.842. The Morgan fingerprint density at radius 1 is 1.13 bits per heavy atom. The molecule has 0 unspecified atom stereocenters. The van der Waals surface area contributed by atoms with Gasteiger partial charge in [-0.15, -0.1) is 0 Å². The average molecular weight is 310 g/mol. The van der Waals surface area contributed by atoms with E-state index in [1.54, 1.807) is 0 Å². The molecule has 0 amide bonds. The summed E-state index contributed by atoms with van der Waals surface area (Å²) in [6, 6.07) is 13.1. The maximum Gasteiger partial charge on any atom is 0.255 e. The second-order valence-electron chi connectivity index (χ2n) is 6.58. The van der Waals surface area contributed by atoms with Crippen LogP contribution in [0, 0.1) is 6.92 Å². The Morgan fingerprint density at radius 2 is 1.87 bits per heavy atom. The van der Waals surface area contributed by atoms with Crippen LogP contribution in [-0.2, 0) is 13.1 Å². The Balaban J connectivity index is 1.94. The van der Waals surface area contributed by atoms with Crippen molar-refractivity contribution in [3.63, 3.8) is 0 Å². The van der Waals surface area contributed by atoms with E-state index in [2.05, 4.69) is 49.5 Å². The first kappa shape index (κ1) is 16.0. The number of pyridine rings is 1. The van der Waals surface area contributed by atoms with Crippen molar-refractivity contribution >= 4 is 0 Å². The first-order valence-electron chi connectivity index (χ1n) is 8.72. The van der Waals surface area contributed by atoms with Gasteiger partial charge in [-0.3, -0.25) is 4.79 Å². The third-order valence-corrected chi connectivity index (χ3v) is 4.49. The minimum absolute atomic E-state index is 0.157. The summed E-state index contributed by atoms with van der Waals surface area (Å²) in [4.78, 5) is 12.9. The third kappa shape index (κ3) is 3.91. The highest BCUT2D eigenvalue weighted by Gasteiger charge is 2.21. The molecule has 1 N–H and O–H groups in total. The Hall–Kier alpha value is -1.87. The lowest BCUT2D eigenvalue weighted by Gasteiger charge is -2.15. The fraction of sp³-hybridized carbons (Fsp3) is 0.450. The van der Waals surface area contributed by atoms with Crippen LogP contribution in [0.5, 0.6) is 0 Å². The van der Waals surface area contributed by atoms with Crippen LogP contribution in [0.1, 0.15) is 43.7 Å². The SMILES string of the molecule is CCCCn1c(-c2ccc(C)cc2)ccc(CNC2CC2)c1=O. The summed E-state index contributed by atoms with van der Waals surface area (Å²) in [6.45, 7) is 5.72. The summed E-state index contributed by atoms with van der Waals surface area (Å²) in [7, 11) is 0. The largest absolute Gasteiger partial charge is 0.310 e. The van der Waals surface area contributed by atoms with Crippen molar-refractivity contribution in [1.29, 1.82) is 0 Å². The Morgan fingerprint density at radius 3 is 2.52 bits per heavy atom. The van der Waals surface area contributed by atoms with Gasteiger partial charge in [0.2, 0.25) is 0 Å². The predicted octanol–water partition coefficient (Wildman–Crippen LogP) is 3.88. The zero-order chi connectivity index (χ0) is 16.2. The second kappa shape index (κ2) is 7.14. The summed E-state index contributed by atoms with van der Waals surface area (Å²) >= 11 is 0. The molecule has 1 saturated carbocycles. The van der Waals surface area contributed by atoms with Gasteiger partial charge in [-0.1, -0.05) is 49.2 Å². The fourth-order valence-electron chi connectivity index (χ4n) is 2.81. The molecule has 3 rings (SSSR count). The maximum absolute atomic E-state index is 12.9. The zero-order valence-corrected chi connectivity index (χ0v) is 14.1. The van der Waals surface area contributed by atoms with Crippen LogP contribution in [0.25, 0.3) is 11.3 Å². The van der Waals surface area contributed by atoms with Gasteiger partial charge in [-0.2, -0.15) is 0 Å². The Labute approximate surface area is 138 Å². The van der Waals surface area contributed by atoms with Gasteiger partial charge < -0.3 is 9.88 Å². The van der Waals surface area contributed by atoms with Gasteiger partial charge in [0.15, 0.2) is 0 Å². The molecule has 1 heterocycles. The van der Waals surface area contributed by atoms with Gasteiger partial charge in [-0.25, -0.2) is 0 Å². The molecule has 0 aliphatic heterocycles. The smallest absolute Gasteiger partial charge is 0.255 e. The highest BCUT2D eigenvalue weighted by Crippen LogP contribution is 2.21. The Kier molecular flexibility index (Phi) is 4.97. The number of unbranched alkanes of at least 4 members (excludes halogenated alkanes) is 1. The number of benzene rings is 1. The van der Waals surface area contributed by atoms with E-state index in [4.69, 9.17) is 0 Å². The van der Waals surface area contributed by atoms with Crippen molar-refractivity contribution in [2.75, 3.05) is 0 Å².